The van der Waals surface area contributed by atoms with Gasteiger partial charge in [0.1, 0.15) is 11.4 Å². The molecule has 4 rings (SSSR count). The lowest BCUT2D eigenvalue weighted by Crippen LogP contribution is -2.46. The number of aromatic amines is 1. The monoisotopic (exact) mass is 489 g/mol. The average Bonchev–Trinajstić information content (AvgIpc) is 3.22. The first kappa shape index (κ1) is 21.6. The van der Waals surface area contributed by atoms with Crippen molar-refractivity contribution in [2.45, 2.75) is 64.0 Å². The number of H-pyrrole nitrogens is 1. The molecule has 162 valence electrons. The molecule has 3 atom stereocenters. The third kappa shape index (κ3) is 4.67. The van der Waals surface area contributed by atoms with Crippen LogP contribution in [-0.2, 0) is 4.74 Å². The van der Waals surface area contributed by atoms with Crippen molar-refractivity contribution in [1.29, 1.82) is 0 Å². The summed E-state index contributed by atoms with van der Waals surface area (Å²) in [4.78, 5) is 23.3. The van der Waals surface area contributed by atoms with Gasteiger partial charge in [0.25, 0.3) is 0 Å². The number of hydrogen-bond acceptors (Lipinski definition) is 3. The number of carbonyl (C=O) groups excluding carboxylic acids is 1. The van der Waals surface area contributed by atoms with Gasteiger partial charge in [0.05, 0.1) is 17.9 Å². The highest BCUT2D eigenvalue weighted by atomic mass is 79.9. The first-order valence-electron chi connectivity index (χ1n) is 10.8. The van der Waals surface area contributed by atoms with E-state index in [4.69, 9.17) is 9.72 Å². The number of benzene rings is 1. The molecule has 2 aliphatic rings. The highest BCUT2D eigenvalue weighted by Crippen LogP contribution is 2.49. The Labute approximate surface area is 188 Å². The van der Waals surface area contributed by atoms with Gasteiger partial charge in [-0.25, -0.2) is 9.78 Å². The summed E-state index contributed by atoms with van der Waals surface area (Å²) in [5.41, 5.74) is 1.56. The molecule has 0 spiro atoms. The molecule has 1 N–H and O–H groups in total. The van der Waals surface area contributed by atoms with Crippen molar-refractivity contribution < 1.29 is 9.53 Å². The van der Waals surface area contributed by atoms with Crippen molar-refractivity contribution in [3.05, 3.63) is 40.8 Å². The third-order valence-corrected chi connectivity index (χ3v) is 10.1. The number of nitrogens with one attached hydrogen (secondary N) is 1. The maximum absolute atomic E-state index is 13.1. The third-order valence-electron chi connectivity index (χ3n) is 6.32. The van der Waals surface area contributed by atoms with Gasteiger partial charge in [0.15, 0.2) is 0 Å². The van der Waals surface area contributed by atoms with E-state index in [1.165, 1.54) is 12.1 Å². The quantitative estimate of drug-likeness (QED) is 0.491. The molecule has 1 aromatic heterocycles. The van der Waals surface area contributed by atoms with E-state index in [-0.39, 0.29) is 12.1 Å². The Kier molecular flexibility index (Phi) is 5.64. The molecule has 2 saturated heterocycles. The smallest absolute Gasteiger partial charge is 0.410 e. The molecule has 0 aliphatic carbocycles. The number of ether oxygens (including phenoxy) is 1. The maximum atomic E-state index is 13.1. The van der Waals surface area contributed by atoms with Gasteiger partial charge >= 0.3 is 6.09 Å². The van der Waals surface area contributed by atoms with E-state index in [1.54, 1.807) is 0 Å². The Morgan fingerprint density at radius 1 is 1.20 bits per heavy atom. The standard InChI is InChI=1S/C23H32BrN3O2Si/c1-23(2,3)29-22(28)27-12-17-14-30(4,5)13-16(17)10-20(27)21-25-11-19(26-21)15-6-8-18(24)9-7-15/h6-9,11,16-17,20H,10,12-14H2,1-5H3,(H,25,26)/t16-,17-,20-/m0/s1. The van der Waals surface area contributed by atoms with Crippen LogP contribution in [0.4, 0.5) is 4.79 Å². The molecular formula is C23H32BrN3O2Si. The molecule has 0 bridgehead atoms. The summed E-state index contributed by atoms with van der Waals surface area (Å²) in [6, 6.07) is 10.8. The lowest BCUT2D eigenvalue weighted by molar-refractivity contribution is -0.00371. The molecule has 2 fully saturated rings. The number of hydrogen-bond donors (Lipinski definition) is 1. The summed E-state index contributed by atoms with van der Waals surface area (Å²) in [7, 11) is -1.18. The molecule has 1 amide bonds. The van der Waals surface area contributed by atoms with Crippen LogP contribution < -0.4 is 0 Å². The number of amides is 1. The topological polar surface area (TPSA) is 58.2 Å². The highest BCUT2D eigenvalue weighted by molar-refractivity contribution is 9.10. The van der Waals surface area contributed by atoms with Gasteiger partial charge in [-0.15, -0.1) is 0 Å². The van der Waals surface area contributed by atoms with Crippen molar-refractivity contribution in [1.82, 2.24) is 14.9 Å². The average molecular weight is 491 g/mol. The van der Waals surface area contributed by atoms with E-state index in [0.29, 0.717) is 11.8 Å². The fourth-order valence-electron chi connectivity index (χ4n) is 5.18. The Morgan fingerprint density at radius 2 is 1.87 bits per heavy atom. The largest absolute Gasteiger partial charge is 0.444 e. The van der Waals surface area contributed by atoms with Gasteiger partial charge in [0, 0.05) is 19.1 Å². The van der Waals surface area contributed by atoms with Gasteiger partial charge in [-0.3, -0.25) is 4.90 Å². The minimum absolute atomic E-state index is 0.0619. The molecule has 30 heavy (non-hydrogen) atoms. The van der Waals surface area contributed by atoms with Crippen molar-refractivity contribution in [2.24, 2.45) is 11.8 Å². The second-order valence-electron chi connectivity index (χ2n) is 10.7. The first-order valence-corrected chi connectivity index (χ1v) is 15.0. The van der Waals surface area contributed by atoms with Crippen molar-refractivity contribution in [3.63, 3.8) is 0 Å². The second kappa shape index (κ2) is 7.82. The summed E-state index contributed by atoms with van der Waals surface area (Å²) >= 11 is 3.49. The van der Waals surface area contributed by atoms with E-state index in [1.807, 2.05) is 44.0 Å². The van der Waals surface area contributed by atoms with Crippen LogP contribution in [-0.4, -0.2) is 41.2 Å². The summed E-state index contributed by atoms with van der Waals surface area (Å²) < 4.78 is 6.83. The van der Waals surface area contributed by atoms with E-state index >= 15 is 0 Å². The fourth-order valence-corrected chi connectivity index (χ4v) is 9.42. The van der Waals surface area contributed by atoms with Crippen LogP contribution in [0, 0.1) is 11.8 Å². The fraction of sp³-hybridized carbons (Fsp3) is 0.565. The van der Waals surface area contributed by atoms with Crippen molar-refractivity contribution >= 4 is 30.1 Å². The number of rotatable bonds is 2. The lowest BCUT2D eigenvalue weighted by Gasteiger charge is -2.41. The van der Waals surface area contributed by atoms with Crippen LogP contribution in [0.1, 0.15) is 39.1 Å². The van der Waals surface area contributed by atoms with Crippen LogP contribution in [0.2, 0.25) is 25.2 Å². The molecule has 1 aromatic carbocycles. The molecule has 5 nitrogen and oxygen atoms in total. The van der Waals surface area contributed by atoms with Crippen LogP contribution >= 0.6 is 15.9 Å². The van der Waals surface area contributed by atoms with Gasteiger partial charge in [-0.05, 0) is 56.7 Å². The number of fused-ring (bicyclic) bond motifs is 1. The molecule has 0 saturated carbocycles. The van der Waals surface area contributed by atoms with Crippen LogP contribution in [0.5, 0.6) is 0 Å². The molecule has 0 unspecified atom stereocenters. The van der Waals surface area contributed by atoms with Gasteiger partial charge in [-0.2, -0.15) is 0 Å². The number of aromatic nitrogens is 2. The number of carbonyl (C=O) groups is 1. The number of piperidine rings is 1. The molecule has 2 aliphatic heterocycles. The SMILES string of the molecule is CC(C)(C)OC(=O)N1C[C@H]2C[Si](C)(C)C[C@@H]2C[C@H]1c1ncc(-c2ccc(Br)cc2)[nH]1. The number of likely N-dealkylation sites (tertiary alicyclic amines) is 1. The molecule has 0 radical (unpaired) electrons. The summed E-state index contributed by atoms with van der Waals surface area (Å²) in [6.45, 7) is 11.5. The Morgan fingerprint density at radius 3 is 2.53 bits per heavy atom. The second-order valence-corrected chi connectivity index (χ2v) is 16.7. The van der Waals surface area contributed by atoms with Crippen LogP contribution in [0.15, 0.2) is 34.9 Å². The van der Waals surface area contributed by atoms with Crippen molar-refractivity contribution in [3.8, 4) is 11.3 Å². The lowest BCUT2D eigenvalue weighted by atomic mass is 9.84. The Bertz CT molecular complexity index is 919. The van der Waals surface area contributed by atoms with Crippen LogP contribution in [0.25, 0.3) is 11.3 Å². The summed E-state index contributed by atoms with van der Waals surface area (Å²) in [5, 5.41) is 0. The number of imidazole rings is 1. The summed E-state index contributed by atoms with van der Waals surface area (Å²) in [6.07, 6.45) is 2.62. The predicted octanol–water partition coefficient (Wildman–Crippen LogP) is 6.48. The molecular weight excluding hydrogens is 458 g/mol. The van der Waals surface area contributed by atoms with E-state index in [2.05, 4.69) is 46.1 Å². The van der Waals surface area contributed by atoms with Crippen LogP contribution in [0.3, 0.4) is 0 Å². The predicted molar refractivity (Wildman–Crippen MR) is 126 cm³/mol. The van der Waals surface area contributed by atoms with Gasteiger partial charge in [0.2, 0.25) is 0 Å². The minimum Gasteiger partial charge on any atom is -0.444 e. The zero-order valence-electron chi connectivity index (χ0n) is 18.5. The number of halogens is 1. The Hall–Kier alpha value is -1.60. The summed E-state index contributed by atoms with van der Waals surface area (Å²) in [5.74, 6) is 2.14. The first-order chi connectivity index (χ1) is 14.0. The molecule has 3 heterocycles. The zero-order valence-corrected chi connectivity index (χ0v) is 21.1. The van der Waals surface area contributed by atoms with Gasteiger partial charge < -0.3 is 9.72 Å². The molecule has 2 aromatic rings. The number of nitrogens with zero attached hydrogens (tertiary/aromatic N) is 2. The minimum atomic E-state index is -1.18. The van der Waals surface area contributed by atoms with E-state index < -0.39 is 13.7 Å². The normalized spacial score (nSPS) is 25.8. The van der Waals surface area contributed by atoms with Gasteiger partial charge in [-0.1, -0.05) is 53.2 Å². The maximum Gasteiger partial charge on any atom is 0.410 e. The van der Waals surface area contributed by atoms with Crippen molar-refractivity contribution in [2.75, 3.05) is 6.54 Å². The van der Waals surface area contributed by atoms with E-state index in [0.717, 1.165) is 34.5 Å². The Balaban J connectivity index is 1.62. The molecule has 7 heteroatoms. The van der Waals surface area contributed by atoms with E-state index in [9.17, 15) is 4.79 Å². The zero-order chi connectivity index (χ0) is 21.7. The highest BCUT2D eigenvalue weighted by Gasteiger charge is 2.48.